The van der Waals surface area contributed by atoms with Gasteiger partial charge in [-0.15, -0.1) is 10.2 Å². The first-order valence-electron chi connectivity index (χ1n) is 13.3. The Morgan fingerprint density at radius 1 is 0.740 bits per heavy atom. The summed E-state index contributed by atoms with van der Waals surface area (Å²) in [4.78, 5) is 52.7. The zero-order chi connectivity index (χ0) is 38.4. The molecule has 4 rings (SSSR count). The van der Waals surface area contributed by atoms with E-state index in [4.69, 9.17) is 39.7 Å². The lowest BCUT2D eigenvalue weighted by molar-refractivity contribution is -0.170. The number of carbonyl (C=O) groups is 3. The number of hydrogen-bond donors (Lipinski definition) is 9. The van der Waals surface area contributed by atoms with Crippen molar-refractivity contribution in [3.05, 3.63) is 46.0 Å². The van der Waals surface area contributed by atoms with Crippen LogP contribution in [-0.2, 0) is 52.3 Å². The summed E-state index contributed by atoms with van der Waals surface area (Å²) in [5.41, 5.74) is -1.22. The van der Waals surface area contributed by atoms with Crippen LogP contribution in [0, 0.1) is 0 Å². The number of aliphatic hydroxyl groups is 1. The average Bonchev–Trinajstić information content (AvgIpc) is 3.49. The predicted octanol–water partition coefficient (Wildman–Crippen LogP) is 0.492. The van der Waals surface area contributed by atoms with Gasteiger partial charge < -0.3 is 44.2 Å². The lowest BCUT2D eigenvalue weighted by Gasteiger charge is -2.18. The molecule has 9 N–H and O–H groups in total. The molecule has 2 heterocycles. The molecular weight excluding hydrogens is 776 g/mol. The molecule has 0 atom stereocenters. The molecule has 0 radical (unpaired) electrons. The van der Waals surface area contributed by atoms with Gasteiger partial charge in [-0.1, -0.05) is 22.7 Å². The molecule has 0 bridgehead atoms. The number of hydrogen-bond acceptors (Lipinski definition) is 13. The number of thiazole rings is 2. The van der Waals surface area contributed by atoms with Crippen molar-refractivity contribution < 1.29 is 80.0 Å². The Hall–Kier alpha value is -3.88. The number of aliphatic carboxylic acids is 3. The highest BCUT2D eigenvalue weighted by atomic mass is 32.2. The quantitative estimate of drug-likeness (QED) is 0.0598. The smallest absolute Gasteiger partial charge is 0.466 e. The number of carboxylic acid groups (broad SMARTS) is 3. The lowest BCUT2D eigenvalue weighted by Crippen LogP contribution is -2.42. The minimum atomic E-state index is -4.64. The second-order valence-electron chi connectivity index (χ2n) is 9.66. The van der Waals surface area contributed by atoms with Crippen molar-refractivity contribution in [1.82, 2.24) is 9.13 Å². The minimum Gasteiger partial charge on any atom is -0.481 e. The van der Waals surface area contributed by atoms with Crippen LogP contribution in [0.3, 0.4) is 0 Å². The van der Waals surface area contributed by atoms with Crippen molar-refractivity contribution in [3.63, 3.8) is 0 Å². The maximum absolute atomic E-state index is 11.4. The second-order valence-corrected chi connectivity index (χ2v) is 15.5. The number of rotatable bonds is 10. The standard InChI is InChI=1S/C18H18N4O6S4.C6H8O7.H3O4P/c1-3-21-13-7-5-11(31(23,24)25)9-15(13)29-17(21)19-20-18-22(4-2)14-8-6-12(32(26,27)28)10-16(14)30-18;7-3(8)1-6(13,5(11)12)2-4(9)10;1-5(2,3)4/h5-10H,3-4H2,1-2H3,(H,23,24,25)(H,26,27,28);13H,1-2H2,(H,7,8)(H,9,10)(H,11,12);(H3,1,2,3,4). The average molecular weight is 805 g/mol. The van der Waals surface area contributed by atoms with Crippen molar-refractivity contribution in [3.8, 4) is 0 Å². The van der Waals surface area contributed by atoms with E-state index in [0.717, 1.165) is 11.0 Å². The van der Waals surface area contributed by atoms with E-state index < -0.39 is 64.4 Å². The monoisotopic (exact) mass is 804 g/mol. The highest BCUT2D eigenvalue weighted by Crippen LogP contribution is 2.26. The van der Waals surface area contributed by atoms with Crippen LogP contribution in [0.5, 0.6) is 0 Å². The first-order valence-corrected chi connectivity index (χ1v) is 19.4. The first-order chi connectivity index (χ1) is 22.8. The van der Waals surface area contributed by atoms with Gasteiger partial charge in [-0.2, -0.15) is 16.8 Å². The van der Waals surface area contributed by atoms with Crippen molar-refractivity contribution in [2.24, 2.45) is 10.2 Å². The summed E-state index contributed by atoms with van der Waals surface area (Å²) < 4.78 is 78.3. The Balaban J connectivity index is 0.000000401. The van der Waals surface area contributed by atoms with Gasteiger partial charge in [0.05, 0.1) is 43.1 Å². The predicted molar refractivity (Wildman–Crippen MR) is 173 cm³/mol. The number of benzene rings is 2. The van der Waals surface area contributed by atoms with Gasteiger partial charge >= 0.3 is 25.7 Å². The van der Waals surface area contributed by atoms with Crippen LogP contribution in [0.2, 0.25) is 0 Å². The zero-order valence-corrected chi connectivity index (χ0v) is 29.6. The molecule has 0 fully saturated rings. The normalized spacial score (nSPS) is 13.0. The van der Waals surface area contributed by atoms with Crippen LogP contribution in [0.1, 0.15) is 26.7 Å². The number of fused-ring (bicyclic) bond motifs is 2. The molecule has 2 aromatic heterocycles. The first kappa shape index (κ1) is 42.3. The van der Waals surface area contributed by atoms with E-state index in [0.29, 0.717) is 32.1 Å². The van der Waals surface area contributed by atoms with Gasteiger partial charge in [-0.3, -0.25) is 18.7 Å². The molecule has 21 nitrogen and oxygen atoms in total. The highest BCUT2D eigenvalue weighted by molar-refractivity contribution is 7.86. The molecular formula is C24H29N4O17PS4. The van der Waals surface area contributed by atoms with E-state index in [1.807, 2.05) is 23.0 Å². The summed E-state index contributed by atoms with van der Waals surface area (Å²) >= 11 is 2.47. The van der Waals surface area contributed by atoms with Crippen LogP contribution in [0.4, 0.5) is 0 Å². The Bertz CT molecular complexity index is 2180. The molecule has 50 heavy (non-hydrogen) atoms. The van der Waals surface area contributed by atoms with Crippen molar-refractivity contribution >= 4 is 89.1 Å². The van der Waals surface area contributed by atoms with E-state index in [2.05, 4.69) is 10.2 Å². The van der Waals surface area contributed by atoms with Gasteiger partial charge in [0.1, 0.15) is 0 Å². The highest BCUT2D eigenvalue weighted by Gasteiger charge is 2.40. The third-order valence-corrected chi connectivity index (χ3v) is 9.81. The van der Waals surface area contributed by atoms with Gasteiger partial charge in [0.15, 0.2) is 5.60 Å². The van der Waals surface area contributed by atoms with E-state index in [-0.39, 0.29) is 9.79 Å². The third-order valence-electron chi connectivity index (χ3n) is 6.04. The SMILES string of the molecule is CCn1c(=NN=c2sc3cc(S(=O)(=O)O)ccc3n2CC)sc2cc(S(=O)(=O)O)ccc21.O=C(O)CC(O)(CC(=O)O)C(=O)O.O=P(O)(O)O. The summed E-state index contributed by atoms with van der Waals surface area (Å²) in [6.07, 6.45) is -2.29. The molecule has 26 heteroatoms. The van der Waals surface area contributed by atoms with E-state index in [1.165, 1.54) is 46.9 Å². The molecule has 0 saturated carbocycles. The van der Waals surface area contributed by atoms with Crippen molar-refractivity contribution in [2.75, 3.05) is 0 Å². The topological polar surface area (TPSA) is 353 Å². The summed E-state index contributed by atoms with van der Waals surface area (Å²) in [5, 5.41) is 42.5. The molecule has 0 spiro atoms. The summed E-state index contributed by atoms with van der Waals surface area (Å²) in [7, 11) is -13.3. The molecule has 0 aliphatic carbocycles. The number of nitrogens with zero attached hydrogens (tertiary/aromatic N) is 4. The van der Waals surface area contributed by atoms with Crippen LogP contribution in [0.15, 0.2) is 56.4 Å². The molecule has 0 amide bonds. The molecule has 0 aliphatic heterocycles. The molecule has 2 aromatic carbocycles. The van der Waals surface area contributed by atoms with Crippen LogP contribution < -0.4 is 9.60 Å². The summed E-state index contributed by atoms with van der Waals surface area (Å²) in [5.74, 6) is -5.02. The maximum Gasteiger partial charge on any atom is 0.466 e. The largest absolute Gasteiger partial charge is 0.481 e. The molecule has 276 valence electrons. The fraction of sp³-hybridized carbons (Fsp3) is 0.292. The van der Waals surface area contributed by atoms with Gasteiger partial charge in [0.2, 0.25) is 9.60 Å². The Morgan fingerprint density at radius 2 is 1.06 bits per heavy atom. The summed E-state index contributed by atoms with van der Waals surface area (Å²) in [6.45, 7) is 4.98. The summed E-state index contributed by atoms with van der Waals surface area (Å²) in [6, 6.07) is 8.68. The van der Waals surface area contributed by atoms with Crippen LogP contribution in [0.25, 0.3) is 20.4 Å². The Labute approximate surface area is 288 Å². The lowest BCUT2D eigenvalue weighted by atomic mass is 9.96. The van der Waals surface area contributed by atoms with E-state index in [9.17, 15) is 40.3 Å². The minimum absolute atomic E-state index is 0.194. The second kappa shape index (κ2) is 16.4. The van der Waals surface area contributed by atoms with Crippen molar-refractivity contribution in [1.29, 1.82) is 0 Å². The van der Waals surface area contributed by atoms with E-state index in [1.54, 1.807) is 12.1 Å². The van der Waals surface area contributed by atoms with Crippen LogP contribution >= 0.6 is 30.5 Å². The molecule has 4 aromatic rings. The number of aryl methyl sites for hydroxylation is 2. The molecule has 0 saturated heterocycles. The fourth-order valence-corrected chi connectivity index (χ4v) is 7.32. The Morgan fingerprint density at radius 3 is 1.30 bits per heavy atom. The number of aromatic nitrogens is 2. The zero-order valence-electron chi connectivity index (χ0n) is 25.5. The van der Waals surface area contributed by atoms with Gasteiger partial charge in [-0.05, 0) is 50.2 Å². The van der Waals surface area contributed by atoms with Gasteiger partial charge in [0, 0.05) is 13.1 Å². The van der Waals surface area contributed by atoms with Crippen molar-refractivity contribution in [2.45, 2.75) is 55.2 Å². The molecule has 0 aliphatic rings. The third kappa shape index (κ3) is 11.9. The molecule has 0 unspecified atom stereocenters. The van der Waals surface area contributed by atoms with E-state index >= 15 is 0 Å². The number of phosphoric acid groups is 1. The van der Waals surface area contributed by atoms with Crippen LogP contribution in [-0.4, -0.2) is 93.7 Å². The van der Waals surface area contributed by atoms with Gasteiger partial charge in [0.25, 0.3) is 20.2 Å². The Kier molecular flexibility index (Phi) is 13.9. The maximum atomic E-state index is 11.4. The fourth-order valence-electron chi connectivity index (χ4n) is 3.99. The number of carboxylic acids is 3. The van der Waals surface area contributed by atoms with Gasteiger partial charge in [-0.25, -0.2) is 9.36 Å².